The number of anilines is 1. The Morgan fingerprint density at radius 2 is 2.21 bits per heavy atom. The molecule has 0 saturated heterocycles. The molecule has 1 saturated carbocycles. The van der Waals surface area contributed by atoms with Crippen molar-refractivity contribution in [1.82, 2.24) is 4.98 Å². The first-order valence-corrected chi connectivity index (χ1v) is 4.13. The van der Waals surface area contributed by atoms with Gasteiger partial charge in [-0.1, -0.05) is 17.8 Å². The number of aromatic nitrogens is 1. The quantitative estimate of drug-likeness (QED) is 0.521. The first-order valence-electron chi connectivity index (χ1n) is 4.13. The van der Waals surface area contributed by atoms with Crippen LogP contribution in [0.15, 0.2) is 12.3 Å². The Labute approximate surface area is 109 Å². The average Bonchev–Trinajstić information content (AvgIpc) is 2.84. The summed E-state index contributed by atoms with van der Waals surface area (Å²) in [4.78, 5) is 4.02. The second-order valence-electron chi connectivity index (χ2n) is 3.29. The average molecular weight is 261 g/mol. The maximum absolute atomic E-state index is 5.79. The molecular weight excluding hydrogens is 251 g/mol. The number of nitrogens with two attached hydrogens (primary N) is 2. The van der Waals surface area contributed by atoms with Gasteiger partial charge in [0.1, 0.15) is 0 Å². The van der Waals surface area contributed by atoms with Crippen LogP contribution in [0.5, 0.6) is 0 Å². The van der Waals surface area contributed by atoms with Crippen LogP contribution in [0.4, 0.5) is 5.69 Å². The van der Waals surface area contributed by atoms with Crippen molar-refractivity contribution in [2.24, 2.45) is 5.73 Å². The summed E-state index contributed by atoms with van der Waals surface area (Å²) in [5.41, 5.74) is 12.2. The van der Waals surface area contributed by atoms with E-state index < -0.39 is 0 Å². The number of rotatable bonds is 0. The molecule has 0 bridgehead atoms. The van der Waals surface area contributed by atoms with Crippen LogP contribution >= 0.6 is 0 Å². The Bertz CT molecular complexity index is 371. The molecule has 1 aliphatic rings. The van der Waals surface area contributed by atoms with Crippen molar-refractivity contribution in [2.45, 2.75) is 18.4 Å². The molecule has 69 valence electrons. The first kappa shape index (κ1) is 11.6. The molecule has 1 aromatic heterocycles. The number of nitrogen functional groups attached to an aromatic ring is 1. The van der Waals surface area contributed by atoms with E-state index in [-0.39, 0.29) is 38.2 Å². The van der Waals surface area contributed by atoms with E-state index >= 15 is 0 Å². The normalized spacial score (nSPS) is 16.1. The van der Waals surface area contributed by atoms with E-state index in [0.29, 0.717) is 11.4 Å². The topological polar surface area (TPSA) is 64.9 Å². The number of pyridine rings is 1. The largest absolute Gasteiger partial charge is 0.418 e. The molecule has 14 heavy (non-hydrogen) atoms. The van der Waals surface area contributed by atoms with E-state index in [4.69, 9.17) is 11.5 Å². The van der Waals surface area contributed by atoms with Crippen LogP contribution in [-0.4, -0.2) is 10.5 Å². The SMILES string of the molecule is Nc1[c-]cc(C#CC2(N)CC2)nc1.[Y]. The van der Waals surface area contributed by atoms with Crippen LogP contribution in [0.1, 0.15) is 18.5 Å². The van der Waals surface area contributed by atoms with Gasteiger partial charge in [-0.25, -0.2) is 0 Å². The number of hydrogen-bond acceptors (Lipinski definition) is 3. The molecule has 0 unspecified atom stereocenters. The summed E-state index contributed by atoms with van der Waals surface area (Å²) in [6.45, 7) is 0. The van der Waals surface area contributed by atoms with Gasteiger partial charge in [0.25, 0.3) is 0 Å². The Kier molecular flexibility index (Phi) is 3.66. The van der Waals surface area contributed by atoms with Crippen molar-refractivity contribution < 1.29 is 32.7 Å². The molecule has 4 heteroatoms. The van der Waals surface area contributed by atoms with Crippen molar-refractivity contribution in [3.8, 4) is 11.8 Å². The molecule has 0 atom stereocenters. The molecule has 0 aliphatic heterocycles. The Morgan fingerprint density at radius 3 is 2.71 bits per heavy atom. The summed E-state index contributed by atoms with van der Waals surface area (Å²) in [6.07, 6.45) is 3.51. The second kappa shape index (κ2) is 4.40. The van der Waals surface area contributed by atoms with Crippen LogP contribution < -0.4 is 11.5 Å². The molecule has 1 fully saturated rings. The first-order chi connectivity index (χ1) is 6.18. The molecule has 3 nitrogen and oxygen atoms in total. The molecule has 0 aromatic carbocycles. The second-order valence-corrected chi connectivity index (χ2v) is 3.29. The van der Waals surface area contributed by atoms with E-state index in [2.05, 4.69) is 22.9 Å². The third-order valence-corrected chi connectivity index (χ3v) is 1.95. The fourth-order valence-electron chi connectivity index (χ4n) is 0.882. The number of hydrogen-bond donors (Lipinski definition) is 2. The zero-order valence-electron chi connectivity index (χ0n) is 7.75. The summed E-state index contributed by atoms with van der Waals surface area (Å²) in [5.74, 6) is 5.87. The molecule has 0 amide bonds. The van der Waals surface area contributed by atoms with E-state index in [1.165, 1.54) is 0 Å². The Balaban J connectivity index is 0.000000980. The van der Waals surface area contributed by atoms with Gasteiger partial charge in [-0.15, -0.1) is 12.0 Å². The Morgan fingerprint density at radius 1 is 1.50 bits per heavy atom. The summed E-state index contributed by atoms with van der Waals surface area (Å²) >= 11 is 0. The van der Waals surface area contributed by atoms with Crippen molar-refractivity contribution in [3.63, 3.8) is 0 Å². The smallest absolute Gasteiger partial charge is 0.0771 e. The molecule has 0 spiro atoms. The number of nitrogens with zero attached hydrogens (tertiary/aromatic N) is 1. The Hall–Kier alpha value is -0.426. The molecular formula is C10H10N3Y-. The van der Waals surface area contributed by atoms with Crippen molar-refractivity contribution in [1.29, 1.82) is 0 Å². The van der Waals surface area contributed by atoms with Crippen LogP contribution in [0.3, 0.4) is 0 Å². The van der Waals surface area contributed by atoms with Gasteiger partial charge in [0, 0.05) is 32.7 Å². The maximum Gasteiger partial charge on any atom is 0.0771 e. The van der Waals surface area contributed by atoms with Crippen molar-refractivity contribution >= 4 is 5.69 Å². The molecule has 4 N–H and O–H groups in total. The zero-order valence-corrected chi connectivity index (χ0v) is 10.6. The van der Waals surface area contributed by atoms with E-state index in [0.717, 1.165) is 12.8 Å². The molecule has 1 heterocycles. The van der Waals surface area contributed by atoms with E-state index in [1.54, 1.807) is 12.3 Å². The fraction of sp³-hybridized carbons (Fsp3) is 0.300. The van der Waals surface area contributed by atoms with Gasteiger partial charge in [0.15, 0.2) is 0 Å². The van der Waals surface area contributed by atoms with Gasteiger partial charge in [-0.2, -0.15) is 6.07 Å². The monoisotopic (exact) mass is 261 g/mol. The summed E-state index contributed by atoms with van der Waals surface area (Å²) in [5, 5.41) is 0. The summed E-state index contributed by atoms with van der Waals surface area (Å²) < 4.78 is 0. The van der Waals surface area contributed by atoms with E-state index in [1.807, 2.05) is 0 Å². The predicted octanol–water partition coefficient (Wildman–Crippen LogP) is 0.304. The predicted molar refractivity (Wildman–Crippen MR) is 50.5 cm³/mol. The van der Waals surface area contributed by atoms with Gasteiger partial charge in [0.05, 0.1) is 5.54 Å². The zero-order chi connectivity index (χ0) is 9.31. The third kappa shape index (κ3) is 3.06. The van der Waals surface area contributed by atoms with Gasteiger partial charge in [-0.3, -0.25) is 0 Å². The van der Waals surface area contributed by atoms with Crippen molar-refractivity contribution in [3.05, 3.63) is 24.0 Å². The molecule has 1 aromatic rings. The van der Waals surface area contributed by atoms with Crippen LogP contribution in [0.25, 0.3) is 0 Å². The third-order valence-electron chi connectivity index (χ3n) is 1.95. The summed E-state index contributed by atoms with van der Waals surface area (Å²) in [6, 6.07) is 4.50. The van der Waals surface area contributed by atoms with E-state index in [9.17, 15) is 0 Å². The van der Waals surface area contributed by atoms with Gasteiger partial charge in [0.2, 0.25) is 0 Å². The summed E-state index contributed by atoms with van der Waals surface area (Å²) in [7, 11) is 0. The maximum atomic E-state index is 5.79. The molecule has 2 rings (SSSR count). The molecule has 1 radical (unpaired) electrons. The van der Waals surface area contributed by atoms with Crippen molar-refractivity contribution in [2.75, 3.05) is 5.73 Å². The van der Waals surface area contributed by atoms with Gasteiger partial charge in [-0.05, 0) is 18.5 Å². The molecule has 1 aliphatic carbocycles. The van der Waals surface area contributed by atoms with Crippen LogP contribution in [0.2, 0.25) is 0 Å². The fourth-order valence-corrected chi connectivity index (χ4v) is 0.882. The minimum atomic E-state index is -0.247. The minimum Gasteiger partial charge on any atom is -0.418 e. The minimum absolute atomic E-state index is 0. The van der Waals surface area contributed by atoms with Crippen LogP contribution in [0, 0.1) is 17.9 Å². The van der Waals surface area contributed by atoms with Gasteiger partial charge >= 0.3 is 0 Å². The van der Waals surface area contributed by atoms with Gasteiger partial charge < -0.3 is 16.5 Å². The van der Waals surface area contributed by atoms with Crippen LogP contribution in [-0.2, 0) is 32.7 Å². The standard InChI is InChI=1S/C10H10N3.Y/c11-8-1-2-9(13-7-8)3-4-10(12)5-6-10;/h2,7H,5-6,11-12H2;/q-1;.